The molecule has 0 bridgehead atoms. The first-order valence-corrected chi connectivity index (χ1v) is 7.11. The lowest BCUT2D eigenvalue weighted by Crippen LogP contribution is -2.27. The van der Waals surface area contributed by atoms with Crippen LogP contribution in [-0.2, 0) is 6.54 Å². The number of hydrogen-bond donors (Lipinski definition) is 2. The maximum Gasteiger partial charge on any atom is 0.315 e. The number of hydrogen-bond acceptors (Lipinski definition) is 6. The van der Waals surface area contributed by atoms with Gasteiger partial charge < -0.3 is 15.1 Å². The van der Waals surface area contributed by atoms with Gasteiger partial charge in [0, 0.05) is 11.3 Å². The average molecular weight is 256 g/mol. The van der Waals surface area contributed by atoms with Crippen molar-refractivity contribution in [1.29, 1.82) is 0 Å². The third-order valence-corrected chi connectivity index (χ3v) is 4.45. The summed E-state index contributed by atoms with van der Waals surface area (Å²) in [6.07, 6.45) is 2.56. The first-order valence-electron chi connectivity index (χ1n) is 6.13. The molecule has 1 saturated heterocycles. The standard InChI is InChI=1S/C11H20N4OS/c1-3-12-7-9-14-15-10(16-9)13-8-11(2)5-4-6-17-11/h12H,3-8H2,1-2H3,(H,13,15). The number of nitrogens with zero attached hydrogens (tertiary/aromatic N) is 2. The van der Waals surface area contributed by atoms with E-state index < -0.39 is 0 Å². The van der Waals surface area contributed by atoms with Crippen LogP contribution in [0.2, 0.25) is 0 Å². The smallest absolute Gasteiger partial charge is 0.315 e. The van der Waals surface area contributed by atoms with Crippen LogP contribution in [0.15, 0.2) is 4.42 Å². The third-order valence-electron chi connectivity index (χ3n) is 2.91. The predicted molar refractivity (Wildman–Crippen MR) is 70.3 cm³/mol. The fraction of sp³-hybridized carbons (Fsp3) is 0.818. The quantitative estimate of drug-likeness (QED) is 0.810. The van der Waals surface area contributed by atoms with Crippen LogP contribution in [0.1, 0.15) is 32.6 Å². The second-order valence-electron chi connectivity index (χ2n) is 4.54. The van der Waals surface area contributed by atoms with E-state index in [9.17, 15) is 0 Å². The molecule has 1 unspecified atom stereocenters. The summed E-state index contributed by atoms with van der Waals surface area (Å²) in [5.74, 6) is 1.90. The van der Waals surface area contributed by atoms with Crippen molar-refractivity contribution in [2.75, 3.05) is 24.2 Å². The third kappa shape index (κ3) is 3.61. The molecule has 0 aromatic carbocycles. The van der Waals surface area contributed by atoms with Gasteiger partial charge in [-0.25, -0.2) is 0 Å². The minimum atomic E-state index is 0.316. The van der Waals surface area contributed by atoms with E-state index in [-0.39, 0.29) is 0 Å². The number of thioether (sulfide) groups is 1. The molecule has 2 N–H and O–H groups in total. The molecule has 1 aliphatic heterocycles. The summed E-state index contributed by atoms with van der Waals surface area (Å²) >= 11 is 2.02. The Hall–Kier alpha value is -0.750. The number of rotatable bonds is 6. The molecule has 5 nitrogen and oxygen atoms in total. The summed E-state index contributed by atoms with van der Waals surface area (Å²) in [6.45, 7) is 6.76. The lowest BCUT2D eigenvalue weighted by molar-refractivity contribution is 0.478. The summed E-state index contributed by atoms with van der Waals surface area (Å²) < 4.78 is 5.80. The Kier molecular flexibility index (Phi) is 4.28. The molecule has 0 amide bonds. The monoisotopic (exact) mass is 256 g/mol. The van der Waals surface area contributed by atoms with Gasteiger partial charge in [-0.1, -0.05) is 12.0 Å². The second kappa shape index (κ2) is 5.73. The zero-order chi connectivity index (χ0) is 12.1. The van der Waals surface area contributed by atoms with Crippen LogP contribution in [0.3, 0.4) is 0 Å². The van der Waals surface area contributed by atoms with Gasteiger partial charge >= 0.3 is 6.01 Å². The second-order valence-corrected chi connectivity index (χ2v) is 6.22. The van der Waals surface area contributed by atoms with Gasteiger partial charge in [-0.3, -0.25) is 0 Å². The topological polar surface area (TPSA) is 63.0 Å². The lowest BCUT2D eigenvalue weighted by atomic mass is 10.1. The van der Waals surface area contributed by atoms with Crippen LogP contribution in [0.4, 0.5) is 6.01 Å². The van der Waals surface area contributed by atoms with E-state index in [2.05, 4.69) is 27.8 Å². The molecule has 0 spiro atoms. The molecular weight excluding hydrogens is 236 g/mol. The molecule has 0 radical (unpaired) electrons. The summed E-state index contributed by atoms with van der Waals surface area (Å²) in [5, 5.41) is 14.3. The minimum Gasteiger partial charge on any atom is -0.407 e. The van der Waals surface area contributed by atoms with Gasteiger partial charge in [0.15, 0.2) is 0 Å². The minimum absolute atomic E-state index is 0.316. The van der Waals surface area contributed by atoms with Gasteiger partial charge in [0.1, 0.15) is 0 Å². The van der Waals surface area contributed by atoms with Crippen LogP contribution < -0.4 is 10.6 Å². The predicted octanol–water partition coefficient (Wildman–Crippen LogP) is 1.88. The number of nitrogens with one attached hydrogen (secondary N) is 2. The van der Waals surface area contributed by atoms with Crippen molar-refractivity contribution in [1.82, 2.24) is 15.5 Å². The molecular formula is C11H20N4OS. The van der Waals surface area contributed by atoms with Crippen LogP contribution in [0.5, 0.6) is 0 Å². The molecule has 2 heterocycles. The highest BCUT2D eigenvalue weighted by Gasteiger charge is 2.29. The molecule has 17 heavy (non-hydrogen) atoms. The van der Waals surface area contributed by atoms with Gasteiger partial charge in [-0.15, -0.1) is 5.10 Å². The summed E-state index contributed by atoms with van der Waals surface area (Å²) in [6, 6.07) is 0.534. The van der Waals surface area contributed by atoms with Crippen LogP contribution in [0, 0.1) is 0 Å². The van der Waals surface area contributed by atoms with Gasteiger partial charge in [0.25, 0.3) is 0 Å². The highest BCUT2D eigenvalue weighted by Crippen LogP contribution is 2.37. The average Bonchev–Trinajstić information content (AvgIpc) is 2.94. The molecule has 1 aromatic heterocycles. The first kappa shape index (κ1) is 12.7. The fourth-order valence-electron chi connectivity index (χ4n) is 1.87. The molecule has 1 atom stereocenters. The Bertz CT molecular complexity index is 349. The lowest BCUT2D eigenvalue weighted by Gasteiger charge is -2.21. The summed E-state index contributed by atoms with van der Waals surface area (Å²) in [7, 11) is 0. The Morgan fingerprint density at radius 3 is 3.06 bits per heavy atom. The van der Waals surface area contributed by atoms with Crippen molar-refractivity contribution < 1.29 is 4.42 Å². The van der Waals surface area contributed by atoms with Gasteiger partial charge in [-0.05, 0) is 32.1 Å². The Morgan fingerprint density at radius 1 is 1.47 bits per heavy atom. The Morgan fingerprint density at radius 2 is 2.35 bits per heavy atom. The molecule has 0 saturated carbocycles. The molecule has 1 fully saturated rings. The molecule has 1 aliphatic rings. The zero-order valence-electron chi connectivity index (χ0n) is 10.5. The van der Waals surface area contributed by atoms with E-state index in [4.69, 9.17) is 4.42 Å². The van der Waals surface area contributed by atoms with Gasteiger partial charge in [0.2, 0.25) is 5.89 Å². The maximum atomic E-state index is 5.49. The largest absolute Gasteiger partial charge is 0.407 e. The first-order chi connectivity index (χ1) is 8.22. The van der Waals surface area contributed by atoms with Crippen molar-refractivity contribution in [3.05, 3.63) is 5.89 Å². The van der Waals surface area contributed by atoms with E-state index in [1.54, 1.807) is 0 Å². The van der Waals surface area contributed by atoms with Gasteiger partial charge in [0.05, 0.1) is 6.54 Å². The van der Waals surface area contributed by atoms with E-state index in [0.717, 1.165) is 13.1 Å². The maximum absolute atomic E-state index is 5.49. The summed E-state index contributed by atoms with van der Waals surface area (Å²) in [4.78, 5) is 0. The van der Waals surface area contributed by atoms with Crippen molar-refractivity contribution in [2.45, 2.75) is 38.0 Å². The van der Waals surface area contributed by atoms with E-state index >= 15 is 0 Å². The van der Waals surface area contributed by atoms with Gasteiger partial charge in [-0.2, -0.15) is 11.8 Å². The fourth-order valence-corrected chi connectivity index (χ4v) is 3.11. The van der Waals surface area contributed by atoms with Crippen molar-refractivity contribution in [3.63, 3.8) is 0 Å². The molecule has 1 aromatic rings. The van der Waals surface area contributed by atoms with Crippen molar-refractivity contribution in [2.24, 2.45) is 0 Å². The highest BCUT2D eigenvalue weighted by molar-refractivity contribution is 8.00. The highest BCUT2D eigenvalue weighted by atomic mass is 32.2. The summed E-state index contributed by atoms with van der Waals surface area (Å²) in [5.41, 5.74) is 0. The van der Waals surface area contributed by atoms with E-state index in [0.29, 0.717) is 23.2 Å². The van der Waals surface area contributed by atoms with Crippen molar-refractivity contribution in [3.8, 4) is 0 Å². The SMILES string of the molecule is CCNCc1nnc(NCC2(C)CCCS2)o1. The van der Waals surface area contributed by atoms with Crippen LogP contribution in [0.25, 0.3) is 0 Å². The van der Waals surface area contributed by atoms with E-state index in [1.807, 2.05) is 18.7 Å². The zero-order valence-corrected chi connectivity index (χ0v) is 11.3. The van der Waals surface area contributed by atoms with E-state index in [1.165, 1.54) is 18.6 Å². The normalized spacial score (nSPS) is 24.1. The van der Waals surface area contributed by atoms with Crippen molar-refractivity contribution >= 4 is 17.8 Å². The molecule has 0 aliphatic carbocycles. The van der Waals surface area contributed by atoms with Crippen LogP contribution >= 0.6 is 11.8 Å². The molecule has 2 rings (SSSR count). The molecule has 96 valence electrons. The molecule has 6 heteroatoms. The number of aromatic nitrogens is 2. The van der Waals surface area contributed by atoms with Crippen LogP contribution in [-0.4, -0.2) is 33.8 Å². The Labute approximate surface area is 106 Å². The Balaban J connectivity index is 1.80. The number of anilines is 1.